The van der Waals surface area contributed by atoms with Gasteiger partial charge in [0, 0.05) is 17.8 Å². The van der Waals surface area contributed by atoms with Crippen molar-refractivity contribution in [1.82, 2.24) is 0 Å². The smallest absolute Gasteiger partial charge is 0.286 e. The topological polar surface area (TPSA) is 57.6 Å². The normalized spacial score (nSPS) is 16.8. The molecule has 0 spiro atoms. The van der Waals surface area contributed by atoms with Crippen molar-refractivity contribution in [2.24, 2.45) is 5.92 Å². The van der Waals surface area contributed by atoms with E-state index in [-0.39, 0.29) is 5.92 Å². The number of para-hydroxylation sites is 1. The zero-order valence-corrected chi connectivity index (χ0v) is 12.0. The van der Waals surface area contributed by atoms with E-state index in [0.29, 0.717) is 18.5 Å². The first kappa shape index (κ1) is 14.1. The Morgan fingerprint density at radius 2 is 2.00 bits per heavy atom. The second-order valence-electron chi connectivity index (χ2n) is 5.34. The quantitative estimate of drug-likeness (QED) is 0.862. The minimum absolute atomic E-state index is 0.160. The molecule has 5 heteroatoms. The Labute approximate surface area is 114 Å². The Bertz CT molecular complexity index is 592. The van der Waals surface area contributed by atoms with Gasteiger partial charge in [-0.25, -0.2) is 0 Å². The van der Waals surface area contributed by atoms with Gasteiger partial charge in [0.1, 0.15) is 0 Å². The Hall–Kier alpha value is -1.33. The summed E-state index contributed by atoms with van der Waals surface area (Å²) in [6.45, 7) is 7.81. The van der Waals surface area contributed by atoms with Crippen molar-refractivity contribution in [1.29, 1.82) is 0 Å². The molecule has 0 bridgehead atoms. The van der Waals surface area contributed by atoms with Crippen LogP contribution >= 0.6 is 0 Å². The number of hydrogen-bond donors (Lipinski definition) is 1. The second kappa shape index (κ2) is 4.98. The van der Waals surface area contributed by atoms with Gasteiger partial charge in [-0.2, -0.15) is 8.42 Å². The van der Waals surface area contributed by atoms with Crippen LogP contribution < -0.4 is 4.90 Å². The van der Waals surface area contributed by atoms with E-state index in [1.165, 1.54) is 0 Å². The van der Waals surface area contributed by atoms with Crippen LogP contribution in [0.4, 0.5) is 5.69 Å². The van der Waals surface area contributed by atoms with Crippen molar-refractivity contribution >= 4 is 15.8 Å². The maximum Gasteiger partial charge on any atom is 0.286 e. The molecule has 19 heavy (non-hydrogen) atoms. The maximum absolute atomic E-state index is 11.7. The molecule has 0 saturated heterocycles. The van der Waals surface area contributed by atoms with Gasteiger partial charge >= 0.3 is 0 Å². The Balaban J connectivity index is 2.45. The predicted molar refractivity (Wildman–Crippen MR) is 76.6 cm³/mol. The third-order valence-electron chi connectivity index (χ3n) is 3.29. The monoisotopic (exact) mass is 281 g/mol. The van der Waals surface area contributed by atoms with Crippen LogP contribution in [0.1, 0.15) is 25.8 Å². The molecule has 0 amide bonds. The average Bonchev–Trinajstić information content (AvgIpc) is 2.60. The summed E-state index contributed by atoms with van der Waals surface area (Å²) in [5.41, 5.74) is 2.59. The summed E-state index contributed by atoms with van der Waals surface area (Å²) >= 11 is 0. The molecule has 0 fully saturated rings. The van der Waals surface area contributed by atoms with Crippen LogP contribution in [0.2, 0.25) is 0 Å². The molecule has 1 atom stereocenters. The summed E-state index contributed by atoms with van der Waals surface area (Å²) in [6, 6.07) is 7.60. The fourth-order valence-corrected chi connectivity index (χ4v) is 3.65. The number of hydrogen-bond acceptors (Lipinski definition) is 3. The van der Waals surface area contributed by atoms with Crippen LogP contribution in [0.5, 0.6) is 0 Å². The summed E-state index contributed by atoms with van der Waals surface area (Å²) < 4.78 is 32.9. The Morgan fingerprint density at radius 3 is 2.58 bits per heavy atom. The van der Waals surface area contributed by atoms with E-state index in [4.69, 9.17) is 0 Å². The first-order chi connectivity index (χ1) is 8.80. The zero-order valence-electron chi connectivity index (χ0n) is 11.2. The number of allylic oxidation sites excluding steroid dienone is 1. The Morgan fingerprint density at radius 1 is 1.37 bits per heavy atom. The van der Waals surface area contributed by atoms with E-state index in [1.54, 1.807) is 4.90 Å². The van der Waals surface area contributed by atoms with Crippen molar-refractivity contribution in [3.63, 3.8) is 0 Å². The fourth-order valence-electron chi connectivity index (χ4n) is 2.49. The van der Waals surface area contributed by atoms with E-state index in [2.05, 4.69) is 6.58 Å². The lowest BCUT2D eigenvalue weighted by Gasteiger charge is -2.30. The number of fused-ring (bicyclic) bond motifs is 1. The highest BCUT2D eigenvalue weighted by molar-refractivity contribution is 7.86. The molecular weight excluding hydrogens is 262 g/mol. The highest BCUT2D eigenvalue weighted by Gasteiger charge is 2.36. The van der Waals surface area contributed by atoms with Crippen molar-refractivity contribution in [3.8, 4) is 0 Å². The van der Waals surface area contributed by atoms with Crippen LogP contribution in [0, 0.1) is 5.92 Å². The molecule has 104 valence electrons. The molecule has 0 saturated carbocycles. The molecule has 1 aromatic rings. The molecule has 0 aromatic heterocycles. The van der Waals surface area contributed by atoms with Crippen molar-refractivity contribution < 1.29 is 13.0 Å². The summed E-state index contributed by atoms with van der Waals surface area (Å²) in [4.78, 5) is 1.66. The largest absolute Gasteiger partial charge is 0.326 e. The molecule has 1 N–H and O–H groups in total. The molecule has 0 aliphatic carbocycles. The van der Waals surface area contributed by atoms with Crippen LogP contribution in [0.15, 0.2) is 36.5 Å². The van der Waals surface area contributed by atoms with Gasteiger partial charge in [0.15, 0.2) is 5.37 Å². The summed E-state index contributed by atoms with van der Waals surface area (Å²) in [5, 5.41) is -0.955. The first-order valence-corrected chi connectivity index (χ1v) is 7.82. The molecule has 1 heterocycles. The second-order valence-corrected chi connectivity index (χ2v) is 6.91. The fraction of sp³-hybridized carbons (Fsp3) is 0.429. The van der Waals surface area contributed by atoms with Crippen LogP contribution in [-0.2, 0) is 16.5 Å². The summed E-state index contributed by atoms with van der Waals surface area (Å²) in [7, 11) is -4.15. The van der Waals surface area contributed by atoms with Gasteiger partial charge in [0.2, 0.25) is 0 Å². The number of benzene rings is 1. The van der Waals surface area contributed by atoms with E-state index in [1.807, 2.05) is 38.1 Å². The maximum atomic E-state index is 11.7. The lowest BCUT2D eigenvalue weighted by Crippen LogP contribution is -2.39. The molecule has 1 unspecified atom stereocenters. The van der Waals surface area contributed by atoms with Gasteiger partial charge in [-0.15, -0.1) is 0 Å². The average molecular weight is 281 g/mol. The molecule has 0 radical (unpaired) electrons. The third kappa shape index (κ3) is 2.82. The van der Waals surface area contributed by atoms with Crippen molar-refractivity contribution in [2.75, 3.05) is 4.90 Å². The predicted octanol–water partition coefficient (Wildman–Crippen LogP) is 2.82. The van der Waals surface area contributed by atoms with E-state index < -0.39 is 15.5 Å². The van der Waals surface area contributed by atoms with Gasteiger partial charge in [-0.05, 0) is 24.0 Å². The minimum Gasteiger partial charge on any atom is -0.326 e. The SMILES string of the molecule is C=C1Cc2ccccc2N1C(CC(C)C)S(=O)(=O)O. The van der Waals surface area contributed by atoms with Gasteiger partial charge in [-0.1, -0.05) is 38.6 Å². The van der Waals surface area contributed by atoms with Gasteiger partial charge in [-0.3, -0.25) is 4.55 Å². The summed E-state index contributed by atoms with van der Waals surface area (Å²) in [6.07, 6.45) is 0.993. The van der Waals surface area contributed by atoms with Crippen LogP contribution in [0.3, 0.4) is 0 Å². The lowest BCUT2D eigenvalue weighted by atomic mass is 10.1. The standard InChI is InChI=1S/C14H19NO3S/c1-10(2)8-14(19(16,17)18)15-11(3)9-12-6-4-5-7-13(12)15/h4-7,10,14H,3,8-9H2,1-2H3,(H,16,17,18). The highest BCUT2D eigenvalue weighted by Crippen LogP contribution is 2.37. The van der Waals surface area contributed by atoms with Crippen LogP contribution in [-0.4, -0.2) is 18.3 Å². The summed E-state index contributed by atoms with van der Waals surface area (Å²) in [5.74, 6) is 0.160. The van der Waals surface area contributed by atoms with Crippen molar-refractivity contribution in [2.45, 2.75) is 32.1 Å². The molecule has 2 rings (SSSR count). The molecule has 4 nitrogen and oxygen atoms in total. The Kier molecular flexibility index (Phi) is 3.69. The van der Waals surface area contributed by atoms with E-state index >= 15 is 0 Å². The molecule has 1 aromatic carbocycles. The van der Waals surface area contributed by atoms with Gasteiger partial charge < -0.3 is 4.90 Å². The first-order valence-electron chi connectivity index (χ1n) is 6.32. The van der Waals surface area contributed by atoms with Crippen LogP contribution in [0.25, 0.3) is 0 Å². The minimum atomic E-state index is -4.15. The number of anilines is 1. The third-order valence-corrected chi connectivity index (χ3v) is 4.38. The van der Waals surface area contributed by atoms with E-state index in [0.717, 1.165) is 11.3 Å². The highest BCUT2D eigenvalue weighted by atomic mass is 32.2. The lowest BCUT2D eigenvalue weighted by molar-refractivity contribution is 0.444. The zero-order chi connectivity index (χ0) is 14.2. The van der Waals surface area contributed by atoms with Crippen molar-refractivity contribution in [3.05, 3.63) is 42.1 Å². The van der Waals surface area contributed by atoms with Gasteiger partial charge in [0.05, 0.1) is 0 Å². The number of nitrogens with zero attached hydrogens (tertiary/aromatic N) is 1. The molecule has 1 aliphatic rings. The van der Waals surface area contributed by atoms with Gasteiger partial charge in [0.25, 0.3) is 10.1 Å². The van der Waals surface area contributed by atoms with E-state index in [9.17, 15) is 13.0 Å². The molecular formula is C14H19NO3S. The number of rotatable bonds is 4. The molecule has 1 aliphatic heterocycles.